The summed E-state index contributed by atoms with van der Waals surface area (Å²) in [7, 11) is 5.20. The van der Waals surface area contributed by atoms with Gasteiger partial charge in [0.15, 0.2) is 5.78 Å². The molecule has 158 valence electrons. The number of methoxy groups -OCH3 is 2. The van der Waals surface area contributed by atoms with E-state index in [4.69, 9.17) is 14.5 Å². The number of fused-ring (bicyclic) bond motifs is 1. The highest BCUT2D eigenvalue weighted by Gasteiger charge is 2.20. The highest BCUT2D eigenvalue weighted by atomic mass is 16.5. The summed E-state index contributed by atoms with van der Waals surface area (Å²) in [4.78, 5) is 17.8. The van der Waals surface area contributed by atoms with E-state index in [0.717, 1.165) is 28.0 Å². The number of imidazole rings is 1. The summed E-state index contributed by atoms with van der Waals surface area (Å²) >= 11 is 0. The first-order valence-electron chi connectivity index (χ1n) is 10.2. The Kier molecular flexibility index (Phi) is 5.51. The Morgan fingerprint density at radius 2 is 1.65 bits per heavy atom. The summed E-state index contributed by atoms with van der Waals surface area (Å²) in [6.45, 7) is 4.14. The molecule has 0 amide bonds. The predicted octanol–water partition coefficient (Wildman–Crippen LogP) is 5.30. The van der Waals surface area contributed by atoms with E-state index in [1.807, 2.05) is 54.1 Å². The van der Waals surface area contributed by atoms with E-state index in [9.17, 15) is 4.79 Å². The smallest absolute Gasteiger partial charge is 0.167 e. The van der Waals surface area contributed by atoms with Gasteiger partial charge in [0, 0.05) is 19.0 Å². The second-order valence-electron chi connectivity index (χ2n) is 7.75. The van der Waals surface area contributed by atoms with Gasteiger partial charge in [-0.1, -0.05) is 24.3 Å². The molecule has 0 radical (unpaired) electrons. The van der Waals surface area contributed by atoms with Crippen molar-refractivity contribution >= 4 is 16.8 Å². The predicted molar refractivity (Wildman–Crippen MR) is 123 cm³/mol. The van der Waals surface area contributed by atoms with Crippen LogP contribution in [0.1, 0.15) is 27.0 Å². The molecule has 4 rings (SSSR count). The lowest BCUT2D eigenvalue weighted by molar-refractivity contribution is 0.0993. The lowest BCUT2D eigenvalue weighted by Gasteiger charge is -2.12. The lowest BCUT2D eigenvalue weighted by atomic mass is 9.99. The number of hydrogen-bond acceptors (Lipinski definition) is 4. The Hall–Kier alpha value is -3.60. The first kappa shape index (κ1) is 20.7. The monoisotopic (exact) mass is 414 g/mol. The summed E-state index contributed by atoms with van der Waals surface area (Å²) in [6, 6.07) is 17.5. The number of carbonyl (C=O) groups is 1. The number of rotatable bonds is 6. The van der Waals surface area contributed by atoms with Crippen LogP contribution in [0.15, 0.2) is 54.6 Å². The molecular weight excluding hydrogens is 388 g/mol. The van der Waals surface area contributed by atoms with Crippen LogP contribution < -0.4 is 9.47 Å². The maximum atomic E-state index is 13.0. The van der Waals surface area contributed by atoms with Crippen molar-refractivity contribution in [2.45, 2.75) is 20.3 Å². The maximum absolute atomic E-state index is 13.0. The third-order valence-corrected chi connectivity index (χ3v) is 5.79. The van der Waals surface area contributed by atoms with E-state index in [-0.39, 0.29) is 5.78 Å². The normalized spacial score (nSPS) is 11.0. The standard InChI is InChI=1S/C26H26N2O3/c1-16-9-10-18(13-17(16)2)14-22(29)19-11-12-20-21(15-19)28(3)26(27-20)25-23(30-4)7-6-8-24(25)31-5/h6-13,15H,14H2,1-5H3. The van der Waals surface area contributed by atoms with Crippen LogP contribution in [0.2, 0.25) is 0 Å². The third kappa shape index (κ3) is 3.79. The summed E-state index contributed by atoms with van der Waals surface area (Å²) in [5, 5.41) is 0. The number of ketones is 1. The zero-order valence-corrected chi connectivity index (χ0v) is 18.5. The number of Topliss-reactive ketones (excluding diaryl/α,β-unsaturated/α-hetero) is 1. The molecule has 5 nitrogen and oxygen atoms in total. The zero-order valence-electron chi connectivity index (χ0n) is 18.5. The molecule has 31 heavy (non-hydrogen) atoms. The second kappa shape index (κ2) is 8.26. The first-order valence-corrected chi connectivity index (χ1v) is 10.2. The van der Waals surface area contributed by atoms with Crippen molar-refractivity contribution < 1.29 is 14.3 Å². The van der Waals surface area contributed by atoms with Crippen molar-refractivity contribution in [3.63, 3.8) is 0 Å². The van der Waals surface area contributed by atoms with Gasteiger partial charge in [-0.2, -0.15) is 0 Å². The third-order valence-electron chi connectivity index (χ3n) is 5.79. The number of aromatic nitrogens is 2. The van der Waals surface area contributed by atoms with Crippen LogP contribution in [-0.2, 0) is 13.5 Å². The molecule has 1 aromatic heterocycles. The van der Waals surface area contributed by atoms with Gasteiger partial charge in [0.1, 0.15) is 22.9 Å². The Balaban J connectivity index is 1.74. The Labute approximate surface area is 182 Å². The number of nitrogens with zero attached hydrogens (tertiary/aromatic N) is 2. The van der Waals surface area contributed by atoms with Gasteiger partial charge in [0.25, 0.3) is 0 Å². The summed E-state index contributed by atoms with van der Waals surface area (Å²) in [5.41, 5.74) is 6.61. The highest BCUT2D eigenvalue weighted by Crippen LogP contribution is 2.38. The van der Waals surface area contributed by atoms with Crippen LogP contribution in [0.3, 0.4) is 0 Å². The van der Waals surface area contributed by atoms with Crippen molar-refractivity contribution in [1.82, 2.24) is 9.55 Å². The fourth-order valence-corrected chi connectivity index (χ4v) is 3.86. The largest absolute Gasteiger partial charge is 0.496 e. The summed E-state index contributed by atoms with van der Waals surface area (Å²) < 4.78 is 13.1. The van der Waals surface area contributed by atoms with Crippen LogP contribution in [0, 0.1) is 13.8 Å². The van der Waals surface area contributed by atoms with Crippen LogP contribution in [-0.4, -0.2) is 29.6 Å². The van der Waals surface area contributed by atoms with E-state index in [1.54, 1.807) is 14.2 Å². The van der Waals surface area contributed by atoms with Gasteiger partial charge in [-0.25, -0.2) is 4.98 Å². The second-order valence-corrected chi connectivity index (χ2v) is 7.75. The molecule has 0 saturated heterocycles. The molecule has 0 aliphatic rings. The van der Waals surface area contributed by atoms with Crippen LogP contribution in [0.4, 0.5) is 0 Å². The zero-order chi connectivity index (χ0) is 22.1. The van der Waals surface area contributed by atoms with Gasteiger partial charge in [-0.15, -0.1) is 0 Å². The summed E-state index contributed by atoms with van der Waals surface area (Å²) in [5.74, 6) is 2.18. The van der Waals surface area contributed by atoms with Crippen LogP contribution in [0.25, 0.3) is 22.4 Å². The van der Waals surface area contributed by atoms with Crippen molar-refractivity contribution in [3.8, 4) is 22.9 Å². The van der Waals surface area contributed by atoms with E-state index in [2.05, 4.69) is 26.0 Å². The Morgan fingerprint density at radius 3 is 2.29 bits per heavy atom. The molecule has 0 saturated carbocycles. The molecule has 3 aromatic carbocycles. The molecule has 0 spiro atoms. The number of carbonyl (C=O) groups excluding carboxylic acids is 1. The topological polar surface area (TPSA) is 53.4 Å². The van der Waals surface area contributed by atoms with Gasteiger partial charge >= 0.3 is 0 Å². The van der Waals surface area contributed by atoms with Gasteiger partial charge in [-0.05, 0) is 60.9 Å². The number of benzene rings is 3. The average molecular weight is 415 g/mol. The first-order chi connectivity index (χ1) is 14.9. The quantitative estimate of drug-likeness (QED) is 0.402. The van der Waals surface area contributed by atoms with Crippen LogP contribution in [0.5, 0.6) is 11.5 Å². The average Bonchev–Trinajstić information content (AvgIpc) is 3.11. The lowest BCUT2D eigenvalue weighted by Crippen LogP contribution is -2.04. The van der Waals surface area contributed by atoms with Crippen molar-refractivity contribution in [2.24, 2.45) is 7.05 Å². The fraction of sp³-hybridized carbons (Fsp3) is 0.231. The molecule has 0 bridgehead atoms. The van der Waals surface area contributed by atoms with Gasteiger partial charge in [0.2, 0.25) is 0 Å². The van der Waals surface area contributed by atoms with E-state index >= 15 is 0 Å². The Morgan fingerprint density at radius 1 is 0.935 bits per heavy atom. The molecule has 0 aliphatic heterocycles. The summed E-state index contributed by atoms with van der Waals surface area (Å²) in [6.07, 6.45) is 0.373. The molecule has 0 unspecified atom stereocenters. The number of aryl methyl sites for hydroxylation is 3. The minimum absolute atomic E-state index is 0.0859. The van der Waals surface area contributed by atoms with Gasteiger partial charge in [0.05, 0.1) is 25.3 Å². The van der Waals surface area contributed by atoms with Crippen molar-refractivity contribution in [1.29, 1.82) is 0 Å². The van der Waals surface area contributed by atoms with E-state index in [0.29, 0.717) is 23.5 Å². The molecule has 0 fully saturated rings. The maximum Gasteiger partial charge on any atom is 0.167 e. The van der Waals surface area contributed by atoms with Crippen molar-refractivity contribution in [3.05, 3.63) is 76.9 Å². The minimum Gasteiger partial charge on any atom is -0.496 e. The van der Waals surface area contributed by atoms with Gasteiger partial charge in [-0.3, -0.25) is 4.79 Å². The van der Waals surface area contributed by atoms with Gasteiger partial charge < -0.3 is 14.0 Å². The number of hydrogen-bond donors (Lipinski definition) is 0. The molecule has 5 heteroatoms. The molecule has 0 N–H and O–H groups in total. The molecule has 1 heterocycles. The molecule has 0 atom stereocenters. The SMILES string of the molecule is COc1cccc(OC)c1-c1nc2ccc(C(=O)Cc3ccc(C)c(C)c3)cc2n1C. The van der Waals surface area contributed by atoms with E-state index < -0.39 is 0 Å². The Bertz CT molecular complexity index is 1270. The highest BCUT2D eigenvalue weighted by molar-refractivity contribution is 6.00. The molecule has 0 aliphatic carbocycles. The minimum atomic E-state index is 0.0859. The number of ether oxygens (including phenoxy) is 2. The molecular formula is C26H26N2O3. The fourth-order valence-electron chi connectivity index (χ4n) is 3.86. The van der Waals surface area contributed by atoms with E-state index in [1.165, 1.54) is 11.1 Å². The molecule has 4 aromatic rings. The van der Waals surface area contributed by atoms with Crippen molar-refractivity contribution in [2.75, 3.05) is 14.2 Å². The van der Waals surface area contributed by atoms with Crippen LogP contribution >= 0.6 is 0 Å².